The molecule has 3 heterocycles. The Morgan fingerprint density at radius 3 is 2.42 bits per heavy atom. The number of amides is 1. The molecule has 1 amide bonds. The van der Waals surface area contributed by atoms with Gasteiger partial charge in [0, 0.05) is 23.5 Å². The van der Waals surface area contributed by atoms with Crippen LogP contribution in [0.5, 0.6) is 0 Å². The number of nitrogens with zero attached hydrogens (tertiary/aromatic N) is 6. The number of aromatic nitrogens is 6. The number of pyridine rings is 1. The number of nitrogens with one attached hydrogen (secondary N) is 2. The number of nitrogens with two attached hydrogens (primary N) is 1. The summed E-state index contributed by atoms with van der Waals surface area (Å²) < 4.78 is 43.4. The van der Waals surface area contributed by atoms with Crippen molar-refractivity contribution in [1.29, 1.82) is 0 Å². The van der Waals surface area contributed by atoms with Crippen molar-refractivity contribution in [3.05, 3.63) is 78.5 Å². The molecule has 0 saturated heterocycles. The lowest BCUT2D eigenvalue weighted by atomic mass is 10.1. The van der Waals surface area contributed by atoms with Crippen molar-refractivity contribution in [2.45, 2.75) is 6.18 Å². The summed E-state index contributed by atoms with van der Waals surface area (Å²) >= 11 is 0. The zero-order chi connectivity index (χ0) is 25.4. The third-order valence-corrected chi connectivity index (χ3v) is 5.45. The molecule has 0 atom stereocenters. The van der Waals surface area contributed by atoms with Crippen molar-refractivity contribution >= 4 is 33.7 Å². The van der Waals surface area contributed by atoms with E-state index in [-0.39, 0.29) is 11.4 Å². The minimum atomic E-state index is -4.88. The normalized spacial score (nSPS) is 11.6. The maximum Gasteiger partial charge on any atom is 0.434 e. The maximum atomic E-state index is 14.2. The van der Waals surface area contributed by atoms with E-state index in [1.165, 1.54) is 41.6 Å². The number of nitrogen functional groups attached to an aromatic ring is 1. The highest BCUT2D eigenvalue weighted by Gasteiger charge is 2.41. The van der Waals surface area contributed by atoms with Crippen LogP contribution < -0.4 is 16.4 Å². The molecule has 0 spiro atoms. The Kier molecular flexibility index (Phi) is 5.51. The van der Waals surface area contributed by atoms with Gasteiger partial charge in [-0.15, -0.1) is 4.80 Å². The summed E-state index contributed by atoms with van der Waals surface area (Å²) in [6.07, 6.45) is 0.241. The lowest BCUT2D eigenvalue weighted by Gasteiger charge is -2.15. The second kappa shape index (κ2) is 8.69. The Labute approximate surface area is 201 Å². The lowest BCUT2D eigenvalue weighted by Crippen LogP contribution is -2.21. The topological polar surface area (TPSA) is 129 Å². The molecule has 182 valence electrons. The molecular weight excluding hydrogens is 475 g/mol. The van der Waals surface area contributed by atoms with Crippen molar-refractivity contribution in [1.82, 2.24) is 29.8 Å². The zero-order valence-corrected chi connectivity index (χ0v) is 18.7. The van der Waals surface area contributed by atoms with Crippen molar-refractivity contribution < 1.29 is 18.0 Å². The van der Waals surface area contributed by atoms with Crippen LogP contribution in [0.25, 0.3) is 22.3 Å². The molecule has 0 unspecified atom stereocenters. The first-order valence-corrected chi connectivity index (χ1v) is 10.6. The van der Waals surface area contributed by atoms with Gasteiger partial charge in [0.2, 0.25) is 0 Å². The third-order valence-electron chi connectivity index (χ3n) is 5.45. The highest BCUT2D eigenvalue weighted by molar-refractivity contribution is 6.05. The highest BCUT2D eigenvalue weighted by atomic mass is 19.4. The maximum absolute atomic E-state index is 14.2. The Balaban J connectivity index is 1.55. The van der Waals surface area contributed by atoms with Crippen LogP contribution in [0, 0.1) is 0 Å². The van der Waals surface area contributed by atoms with Gasteiger partial charge >= 0.3 is 6.18 Å². The predicted molar refractivity (Wildman–Crippen MR) is 127 cm³/mol. The van der Waals surface area contributed by atoms with E-state index in [1.807, 2.05) is 0 Å². The highest BCUT2D eigenvalue weighted by Crippen LogP contribution is 2.36. The van der Waals surface area contributed by atoms with Gasteiger partial charge in [-0.05, 0) is 18.2 Å². The fourth-order valence-corrected chi connectivity index (χ4v) is 3.85. The molecule has 0 bridgehead atoms. The SMILES string of the molecule is CNc1cc(NC(=O)c2cnn(-c3ccc(N)c4ccccc34)c2C(F)(F)F)cnc1-n1nccn1. The number of rotatable bonds is 5. The smallest absolute Gasteiger partial charge is 0.398 e. The molecule has 5 aromatic rings. The number of halogens is 3. The van der Waals surface area contributed by atoms with Gasteiger partial charge in [0.25, 0.3) is 5.91 Å². The molecule has 3 aromatic heterocycles. The number of alkyl halides is 3. The van der Waals surface area contributed by atoms with Crippen LogP contribution in [-0.2, 0) is 6.18 Å². The van der Waals surface area contributed by atoms with Crippen LogP contribution in [0.2, 0.25) is 0 Å². The lowest BCUT2D eigenvalue weighted by molar-refractivity contribution is -0.143. The fraction of sp³-hybridized carbons (Fsp3) is 0.0870. The zero-order valence-electron chi connectivity index (χ0n) is 18.7. The number of hydrogen-bond acceptors (Lipinski definition) is 7. The van der Waals surface area contributed by atoms with Crippen LogP contribution >= 0.6 is 0 Å². The van der Waals surface area contributed by atoms with Gasteiger partial charge in [-0.2, -0.15) is 28.5 Å². The molecule has 0 saturated carbocycles. The summed E-state index contributed by atoms with van der Waals surface area (Å²) in [5.41, 5.74) is 5.30. The molecule has 36 heavy (non-hydrogen) atoms. The molecule has 0 fully saturated rings. The number of carbonyl (C=O) groups excluding carboxylic acids is 1. The second-order valence-electron chi connectivity index (χ2n) is 7.65. The van der Waals surface area contributed by atoms with Gasteiger partial charge in [-0.3, -0.25) is 4.79 Å². The summed E-state index contributed by atoms with van der Waals surface area (Å²) in [5.74, 6) is -0.651. The van der Waals surface area contributed by atoms with Gasteiger partial charge < -0.3 is 16.4 Å². The number of carbonyl (C=O) groups is 1. The van der Waals surface area contributed by atoms with Gasteiger partial charge in [0.05, 0.1) is 47.4 Å². The van der Waals surface area contributed by atoms with E-state index in [1.54, 1.807) is 31.3 Å². The summed E-state index contributed by atoms with van der Waals surface area (Å²) in [4.78, 5) is 18.5. The number of benzene rings is 2. The Morgan fingerprint density at radius 2 is 1.72 bits per heavy atom. The Hall–Kier alpha value is -4.94. The average Bonchev–Trinajstić information content (AvgIpc) is 3.55. The van der Waals surface area contributed by atoms with Crippen molar-refractivity contribution in [2.75, 3.05) is 23.4 Å². The molecule has 2 aromatic carbocycles. The van der Waals surface area contributed by atoms with Crippen LogP contribution in [0.4, 0.5) is 30.2 Å². The summed E-state index contributed by atoms with van der Waals surface area (Å²) in [6.45, 7) is 0. The average molecular weight is 493 g/mol. The van der Waals surface area contributed by atoms with Crippen molar-refractivity contribution in [3.8, 4) is 11.5 Å². The molecule has 0 aliphatic heterocycles. The molecule has 4 N–H and O–H groups in total. The summed E-state index contributed by atoms with van der Waals surface area (Å²) in [7, 11) is 1.62. The van der Waals surface area contributed by atoms with E-state index in [0.717, 1.165) is 6.20 Å². The van der Waals surface area contributed by atoms with E-state index >= 15 is 0 Å². The van der Waals surface area contributed by atoms with Gasteiger partial charge in [0.1, 0.15) is 0 Å². The number of hydrogen-bond donors (Lipinski definition) is 3. The molecule has 0 aliphatic carbocycles. The molecule has 0 radical (unpaired) electrons. The van der Waals surface area contributed by atoms with Crippen LogP contribution in [-0.4, -0.2) is 42.7 Å². The van der Waals surface area contributed by atoms with E-state index in [0.29, 0.717) is 32.6 Å². The van der Waals surface area contributed by atoms with Gasteiger partial charge in [-0.25, -0.2) is 9.67 Å². The Morgan fingerprint density at radius 1 is 1.00 bits per heavy atom. The quantitative estimate of drug-likeness (QED) is 0.317. The summed E-state index contributed by atoms with van der Waals surface area (Å²) in [5, 5.41) is 18.3. The molecule has 0 aliphatic rings. The minimum absolute atomic E-state index is 0.140. The first kappa shape index (κ1) is 22.8. The van der Waals surface area contributed by atoms with Crippen molar-refractivity contribution in [2.24, 2.45) is 0 Å². The van der Waals surface area contributed by atoms with Crippen LogP contribution in [0.3, 0.4) is 0 Å². The summed E-state index contributed by atoms with van der Waals surface area (Å²) in [6, 6.07) is 11.2. The number of fused-ring (bicyclic) bond motifs is 1. The van der Waals surface area contributed by atoms with Gasteiger partial charge in [-0.1, -0.05) is 24.3 Å². The minimum Gasteiger partial charge on any atom is -0.398 e. The molecular formula is C23H18F3N9O. The standard InChI is InChI=1S/C23H18F3N9O/c1-28-18-10-13(11-29-21(18)35-30-8-9-31-35)33-22(36)16-12-32-34(20(16)23(24,25)26)19-7-6-17(27)14-4-2-3-5-15(14)19/h2-12,28H,27H2,1H3,(H,33,36). The molecule has 5 rings (SSSR count). The fourth-order valence-electron chi connectivity index (χ4n) is 3.85. The number of anilines is 3. The molecule has 13 heteroatoms. The van der Waals surface area contributed by atoms with Crippen LogP contribution in [0.15, 0.2) is 67.3 Å². The first-order valence-electron chi connectivity index (χ1n) is 10.6. The van der Waals surface area contributed by atoms with Crippen LogP contribution in [0.1, 0.15) is 16.1 Å². The van der Waals surface area contributed by atoms with Gasteiger partial charge in [0.15, 0.2) is 11.5 Å². The Bertz CT molecular complexity index is 1580. The second-order valence-corrected chi connectivity index (χ2v) is 7.65. The first-order chi connectivity index (χ1) is 17.3. The van der Waals surface area contributed by atoms with Crippen molar-refractivity contribution in [3.63, 3.8) is 0 Å². The van der Waals surface area contributed by atoms with E-state index in [9.17, 15) is 18.0 Å². The van der Waals surface area contributed by atoms with E-state index < -0.39 is 23.3 Å². The third kappa shape index (κ3) is 3.96. The largest absolute Gasteiger partial charge is 0.434 e. The molecule has 10 nitrogen and oxygen atoms in total. The van der Waals surface area contributed by atoms with E-state index in [2.05, 4.69) is 30.9 Å². The van der Waals surface area contributed by atoms with E-state index in [4.69, 9.17) is 5.73 Å². The monoisotopic (exact) mass is 493 g/mol. The predicted octanol–water partition coefficient (Wildman–Crippen LogP) is 3.90.